The average molecular weight is 362 g/mol. The highest BCUT2D eigenvalue weighted by Crippen LogP contribution is 2.18. The van der Waals surface area contributed by atoms with Crippen molar-refractivity contribution in [2.45, 2.75) is 6.92 Å². The molecule has 0 saturated heterocycles. The number of rotatable bonds is 5. The molecule has 0 atom stereocenters. The largest absolute Gasteiger partial charge is 0.465 e. The van der Waals surface area contributed by atoms with Gasteiger partial charge in [-0.15, -0.1) is 0 Å². The zero-order valence-corrected chi connectivity index (χ0v) is 14.9. The Kier molecular flexibility index (Phi) is 5.41. The summed E-state index contributed by atoms with van der Waals surface area (Å²) in [5, 5.41) is 5.74. The van der Waals surface area contributed by atoms with Crippen molar-refractivity contribution in [2.24, 2.45) is 0 Å². The zero-order valence-electron chi connectivity index (χ0n) is 14.9. The van der Waals surface area contributed by atoms with Crippen LogP contribution < -0.4 is 10.6 Å². The number of nitrogens with one attached hydrogen (secondary N) is 2. The molecule has 27 heavy (non-hydrogen) atoms. The molecular formula is C20H18N4O3. The van der Waals surface area contributed by atoms with Crippen LogP contribution in [0, 0.1) is 6.92 Å². The Labute approximate surface area is 156 Å². The van der Waals surface area contributed by atoms with Crippen molar-refractivity contribution in [3.63, 3.8) is 0 Å². The molecule has 0 radical (unpaired) electrons. The fourth-order valence-corrected chi connectivity index (χ4v) is 2.35. The normalized spacial score (nSPS) is 10.1. The number of methoxy groups -OCH3 is 1. The molecule has 0 unspecified atom stereocenters. The first-order chi connectivity index (χ1) is 13.1. The van der Waals surface area contributed by atoms with E-state index in [9.17, 15) is 9.59 Å². The van der Waals surface area contributed by atoms with Gasteiger partial charge in [-0.3, -0.25) is 4.79 Å². The van der Waals surface area contributed by atoms with Crippen LogP contribution in [-0.4, -0.2) is 29.0 Å². The SMILES string of the molecule is COC(=O)c1ccccc1NC(=O)c1cnc(Nc2ccc(C)cc2)nc1. The van der Waals surface area contributed by atoms with Crippen molar-refractivity contribution < 1.29 is 14.3 Å². The van der Waals surface area contributed by atoms with E-state index in [-0.39, 0.29) is 11.1 Å². The minimum absolute atomic E-state index is 0.268. The molecule has 2 N–H and O–H groups in total. The predicted octanol–water partition coefficient (Wildman–Crippen LogP) is 3.57. The molecule has 1 heterocycles. The van der Waals surface area contributed by atoms with Gasteiger partial charge in [0, 0.05) is 18.1 Å². The van der Waals surface area contributed by atoms with Crippen molar-refractivity contribution in [1.82, 2.24) is 9.97 Å². The van der Waals surface area contributed by atoms with Gasteiger partial charge in [0.1, 0.15) is 0 Å². The molecule has 1 aromatic heterocycles. The number of anilines is 3. The topological polar surface area (TPSA) is 93.2 Å². The highest BCUT2D eigenvalue weighted by molar-refractivity contribution is 6.07. The number of aryl methyl sites for hydroxylation is 1. The summed E-state index contributed by atoms with van der Waals surface area (Å²) in [6, 6.07) is 14.4. The maximum Gasteiger partial charge on any atom is 0.339 e. The first kappa shape index (κ1) is 18.1. The number of hydrogen-bond donors (Lipinski definition) is 2. The number of hydrogen-bond acceptors (Lipinski definition) is 6. The summed E-state index contributed by atoms with van der Waals surface area (Å²) in [7, 11) is 1.29. The molecule has 7 nitrogen and oxygen atoms in total. The molecule has 0 aliphatic heterocycles. The number of amides is 1. The Morgan fingerprint density at radius 3 is 2.30 bits per heavy atom. The predicted molar refractivity (Wildman–Crippen MR) is 102 cm³/mol. The molecule has 3 rings (SSSR count). The van der Waals surface area contributed by atoms with Crippen molar-refractivity contribution in [2.75, 3.05) is 17.7 Å². The summed E-state index contributed by atoms with van der Waals surface area (Å²) in [6.07, 6.45) is 2.83. The second-order valence-electron chi connectivity index (χ2n) is 5.78. The highest BCUT2D eigenvalue weighted by Gasteiger charge is 2.14. The lowest BCUT2D eigenvalue weighted by molar-refractivity contribution is 0.0602. The Hall–Kier alpha value is -3.74. The van der Waals surface area contributed by atoms with Crippen LogP contribution in [0.4, 0.5) is 17.3 Å². The quantitative estimate of drug-likeness (QED) is 0.674. The third kappa shape index (κ3) is 4.46. The van der Waals surface area contributed by atoms with Crippen LogP contribution in [-0.2, 0) is 4.74 Å². The number of carbonyl (C=O) groups is 2. The first-order valence-electron chi connectivity index (χ1n) is 8.21. The van der Waals surface area contributed by atoms with Gasteiger partial charge in [0.2, 0.25) is 5.95 Å². The number of nitrogens with zero attached hydrogens (tertiary/aromatic N) is 2. The van der Waals surface area contributed by atoms with E-state index in [0.29, 0.717) is 11.6 Å². The molecule has 0 bridgehead atoms. The molecule has 0 fully saturated rings. The van der Waals surface area contributed by atoms with Crippen molar-refractivity contribution in [3.05, 3.63) is 77.6 Å². The van der Waals surface area contributed by atoms with Crippen LogP contribution in [0.1, 0.15) is 26.3 Å². The van der Waals surface area contributed by atoms with Crippen LogP contribution in [0.2, 0.25) is 0 Å². The van der Waals surface area contributed by atoms with Gasteiger partial charge in [-0.2, -0.15) is 0 Å². The second-order valence-corrected chi connectivity index (χ2v) is 5.78. The lowest BCUT2D eigenvalue weighted by atomic mass is 10.1. The van der Waals surface area contributed by atoms with Crippen LogP contribution >= 0.6 is 0 Å². The smallest absolute Gasteiger partial charge is 0.339 e. The molecule has 1 amide bonds. The van der Waals surface area contributed by atoms with Gasteiger partial charge in [0.15, 0.2) is 0 Å². The molecule has 136 valence electrons. The second kappa shape index (κ2) is 8.09. The summed E-state index contributed by atoms with van der Waals surface area (Å²) in [6.45, 7) is 2.01. The summed E-state index contributed by atoms with van der Waals surface area (Å²) >= 11 is 0. The van der Waals surface area contributed by atoms with Crippen LogP contribution in [0.5, 0.6) is 0 Å². The van der Waals surface area contributed by atoms with Gasteiger partial charge < -0.3 is 15.4 Å². The Bertz CT molecular complexity index is 954. The van der Waals surface area contributed by atoms with E-state index >= 15 is 0 Å². The lowest BCUT2D eigenvalue weighted by Crippen LogP contribution is -2.16. The third-order valence-corrected chi connectivity index (χ3v) is 3.80. The minimum Gasteiger partial charge on any atom is -0.465 e. The third-order valence-electron chi connectivity index (χ3n) is 3.80. The van der Waals surface area contributed by atoms with Crippen molar-refractivity contribution in [1.29, 1.82) is 0 Å². The molecule has 0 saturated carbocycles. The minimum atomic E-state index is -0.528. The number of aromatic nitrogens is 2. The molecule has 0 aliphatic carbocycles. The van der Waals surface area contributed by atoms with E-state index in [2.05, 4.69) is 20.6 Å². The first-order valence-corrected chi connectivity index (χ1v) is 8.21. The Morgan fingerprint density at radius 2 is 1.63 bits per heavy atom. The van der Waals surface area contributed by atoms with E-state index in [1.165, 1.54) is 19.5 Å². The number of para-hydroxylation sites is 1. The van der Waals surface area contributed by atoms with Crippen molar-refractivity contribution >= 4 is 29.2 Å². The van der Waals surface area contributed by atoms with E-state index in [4.69, 9.17) is 4.74 Å². The standard InChI is InChI=1S/C20H18N4O3/c1-13-7-9-15(10-8-13)23-20-21-11-14(12-22-20)18(25)24-17-6-4-3-5-16(17)19(26)27-2/h3-12H,1-2H3,(H,24,25)(H,21,22,23). The molecule has 0 spiro atoms. The van der Waals surface area contributed by atoms with Gasteiger partial charge in [-0.1, -0.05) is 29.8 Å². The van der Waals surface area contributed by atoms with Crippen molar-refractivity contribution in [3.8, 4) is 0 Å². The highest BCUT2D eigenvalue weighted by atomic mass is 16.5. The lowest BCUT2D eigenvalue weighted by Gasteiger charge is -2.10. The van der Waals surface area contributed by atoms with E-state index in [1.54, 1.807) is 24.3 Å². The number of ether oxygens (including phenoxy) is 1. The van der Waals surface area contributed by atoms with E-state index in [0.717, 1.165) is 11.3 Å². The number of carbonyl (C=O) groups excluding carboxylic acids is 2. The molecule has 0 aliphatic rings. The molecular weight excluding hydrogens is 344 g/mol. The summed E-state index contributed by atoms with van der Waals surface area (Å²) < 4.78 is 4.72. The Morgan fingerprint density at radius 1 is 0.963 bits per heavy atom. The van der Waals surface area contributed by atoms with Crippen LogP contribution in [0.25, 0.3) is 0 Å². The average Bonchev–Trinajstić information content (AvgIpc) is 2.70. The van der Waals surface area contributed by atoms with Gasteiger partial charge >= 0.3 is 5.97 Å². The molecule has 7 heteroatoms. The van der Waals surface area contributed by atoms with Gasteiger partial charge in [-0.25, -0.2) is 14.8 Å². The zero-order chi connectivity index (χ0) is 19.2. The summed E-state index contributed by atoms with van der Waals surface area (Å²) in [5.41, 5.74) is 2.90. The molecule has 3 aromatic rings. The maximum absolute atomic E-state index is 12.4. The van der Waals surface area contributed by atoms with Crippen LogP contribution in [0.15, 0.2) is 60.9 Å². The van der Waals surface area contributed by atoms with Gasteiger partial charge in [-0.05, 0) is 31.2 Å². The number of benzene rings is 2. The van der Waals surface area contributed by atoms with Gasteiger partial charge in [0.05, 0.1) is 23.9 Å². The summed E-state index contributed by atoms with van der Waals surface area (Å²) in [4.78, 5) is 32.5. The van der Waals surface area contributed by atoms with E-state index in [1.807, 2.05) is 31.2 Å². The summed E-state index contributed by atoms with van der Waals surface area (Å²) in [5.74, 6) is -0.571. The van der Waals surface area contributed by atoms with E-state index < -0.39 is 11.9 Å². The monoisotopic (exact) mass is 362 g/mol. The number of esters is 1. The van der Waals surface area contributed by atoms with Crippen LogP contribution in [0.3, 0.4) is 0 Å². The fraction of sp³-hybridized carbons (Fsp3) is 0.100. The molecule has 2 aromatic carbocycles. The van der Waals surface area contributed by atoms with Gasteiger partial charge in [0.25, 0.3) is 5.91 Å². The fourth-order valence-electron chi connectivity index (χ4n) is 2.35. The Balaban J connectivity index is 1.71. The maximum atomic E-state index is 12.4.